The van der Waals surface area contributed by atoms with Crippen LogP contribution in [0.1, 0.15) is 31.4 Å². The number of rotatable bonds is 2. The van der Waals surface area contributed by atoms with Gasteiger partial charge in [-0.1, -0.05) is 6.08 Å². The number of nitrogens with two attached hydrogens (primary N) is 1. The summed E-state index contributed by atoms with van der Waals surface area (Å²) in [6.07, 6.45) is 5.00. The van der Waals surface area contributed by atoms with E-state index in [4.69, 9.17) is 5.73 Å². The van der Waals surface area contributed by atoms with Crippen LogP contribution in [0.4, 0.5) is 14.5 Å². The van der Waals surface area contributed by atoms with Gasteiger partial charge in [0.15, 0.2) is 0 Å². The molecule has 0 spiro atoms. The Morgan fingerprint density at radius 1 is 1.33 bits per heavy atom. The van der Waals surface area contributed by atoms with E-state index in [9.17, 15) is 8.78 Å². The van der Waals surface area contributed by atoms with E-state index in [2.05, 4.69) is 5.10 Å². The van der Waals surface area contributed by atoms with Gasteiger partial charge in [-0.2, -0.15) is 5.10 Å². The first kappa shape index (κ1) is 14.0. The summed E-state index contributed by atoms with van der Waals surface area (Å²) in [6.45, 7) is 0. The zero-order valence-corrected chi connectivity index (χ0v) is 12.0. The second-order valence-corrected chi connectivity index (χ2v) is 5.84. The molecule has 1 aliphatic rings. The largest absolute Gasteiger partial charge is 0.399 e. The Labute approximate surface area is 122 Å². The third-order valence-corrected chi connectivity index (χ3v) is 4.19. The van der Waals surface area contributed by atoms with Crippen molar-refractivity contribution in [3.8, 4) is 0 Å². The van der Waals surface area contributed by atoms with Crippen LogP contribution in [-0.2, 0) is 7.05 Å². The van der Waals surface area contributed by atoms with E-state index >= 15 is 0 Å². The van der Waals surface area contributed by atoms with E-state index in [0.29, 0.717) is 18.5 Å². The average Bonchev–Trinajstić information content (AvgIpc) is 2.74. The van der Waals surface area contributed by atoms with Crippen LogP contribution in [0.25, 0.3) is 17.0 Å². The summed E-state index contributed by atoms with van der Waals surface area (Å²) in [5, 5.41) is 5.47. The molecule has 0 radical (unpaired) electrons. The van der Waals surface area contributed by atoms with Crippen LogP contribution < -0.4 is 5.73 Å². The first-order valence-corrected chi connectivity index (χ1v) is 7.23. The molecule has 112 valence electrons. The van der Waals surface area contributed by atoms with Crippen molar-refractivity contribution in [2.45, 2.75) is 31.6 Å². The maximum atomic E-state index is 13.1. The average molecular weight is 291 g/mol. The number of aryl methyl sites for hydroxylation is 1. The smallest absolute Gasteiger partial charge is 0.248 e. The second kappa shape index (κ2) is 5.13. The Balaban J connectivity index is 1.82. The molecule has 1 aromatic heterocycles. The third-order valence-electron chi connectivity index (χ3n) is 4.19. The van der Waals surface area contributed by atoms with Crippen LogP contribution in [0.5, 0.6) is 0 Å². The number of hydrogen-bond acceptors (Lipinski definition) is 2. The molecule has 1 aliphatic carbocycles. The molecule has 0 bridgehead atoms. The van der Waals surface area contributed by atoms with Crippen molar-refractivity contribution in [1.29, 1.82) is 0 Å². The maximum absolute atomic E-state index is 13.1. The summed E-state index contributed by atoms with van der Waals surface area (Å²) >= 11 is 0. The first-order valence-electron chi connectivity index (χ1n) is 7.23. The predicted molar refractivity (Wildman–Crippen MR) is 81.1 cm³/mol. The zero-order chi connectivity index (χ0) is 15.0. The van der Waals surface area contributed by atoms with Gasteiger partial charge in [-0.25, -0.2) is 8.78 Å². The van der Waals surface area contributed by atoms with Crippen LogP contribution in [0.3, 0.4) is 0 Å². The fraction of sp³-hybridized carbons (Fsp3) is 0.438. The number of nitrogens with zero attached hydrogens (tertiary/aromatic N) is 2. The normalized spacial score (nSPS) is 19.6. The Bertz CT molecular complexity index is 678. The molecular weight excluding hydrogens is 272 g/mol. The summed E-state index contributed by atoms with van der Waals surface area (Å²) in [4.78, 5) is 0. The summed E-state index contributed by atoms with van der Waals surface area (Å²) < 4.78 is 28.1. The Kier molecular flexibility index (Phi) is 3.43. The number of benzene rings is 1. The zero-order valence-electron chi connectivity index (χ0n) is 12.0. The molecule has 21 heavy (non-hydrogen) atoms. The number of anilines is 1. The van der Waals surface area contributed by atoms with Gasteiger partial charge in [0.25, 0.3) is 0 Å². The molecule has 2 aromatic rings. The number of aromatic nitrogens is 2. The van der Waals surface area contributed by atoms with E-state index in [-0.39, 0.29) is 18.8 Å². The number of halogens is 2. The predicted octanol–water partition coefficient (Wildman–Crippen LogP) is 3.99. The minimum absolute atomic E-state index is 0.0160. The lowest BCUT2D eigenvalue weighted by atomic mass is 9.86. The Morgan fingerprint density at radius 2 is 2.05 bits per heavy atom. The molecule has 0 saturated heterocycles. The van der Waals surface area contributed by atoms with E-state index in [1.54, 1.807) is 0 Å². The monoisotopic (exact) mass is 291 g/mol. The molecule has 1 aromatic carbocycles. The molecule has 0 amide bonds. The van der Waals surface area contributed by atoms with Crippen LogP contribution in [0, 0.1) is 5.92 Å². The van der Waals surface area contributed by atoms with Gasteiger partial charge in [0.05, 0.1) is 11.2 Å². The van der Waals surface area contributed by atoms with Gasteiger partial charge in [0, 0.05) is 31.0 Å². The summed E-state index contributed by atoms with van der Waals surface area (Å²) in [5.41, 5.74) is 8.38. The third kappa shape index (κ3) is 2.91. The number of alkyl halides is 2. The van der Waals surface area contributed by atoms with Crippen molar-refractivity contribution in [2.24, 2.45) is 13.0 Å². The highest BCUT2D eigenvalue weighted by Gasteiger charge is 2.33. The summed E-state index contributed by atoms with van der Waals surface area (Å²) in [6, 6.07) is 5.69. The second-order valence-electron chi connectivity index (χ2n) is 5.84. The molecule has 1 heterocycles. The van der Waals surface area contributed by atoms with Crippen LogP contribution in [-0.4, -0.2) is 15.7 Å². The lowest BCUT2D eigenvalue weighted by Crippen LogP contribution is -2.23. The van der Waals surface area contributed by atoms with Crippen LogP contribution in [0.2, 0.25) is 0 Å². The Morgan fingerprint density at radius 3 is 2.76 bits per heavy atom. The van der Waals surface area contributed by atoms with Crippen LogP contribution >= 0.6 is 0 Å². The minimum Gasteiger partial charge on any atom is -0.399 e. The fourth-order valence-corrected chi connectivity index (χ4v) is 2.92. The molecule has 2 N–H and O–H groups in total. The van der Waals surface area contributed by atoms with Crippen molar-refractivity contribution >= 4 is 22.7 Å². The minimum atomic E-state index is -2.48. The first-order chi connectivity index (χ1) is 9.94. The fourth-order valence-electron chi connectivity index (χ4n) is 2.92. The van der Waals surface area contributed by atoms with E-state index in [1.807, 2.05) is 42.1 Å². The van der Waals surface area contributed by atoms with Gasteiger partial charge in [-0.3, -0.25) is 4.68 Å². The highest BCUT2D eigenvalue weighted by atomic mass is 19.3. The molecular formula is C16H19F2N3. The van der Waals surface area contributed by atoms with Gasteiger partial charge in [-0.05, 0) is 43.0 Å². The Hall–Kier alpha value is -1.91. The topological polar surface area (TPSA) is 43.8 Å². The standard InChI is InChI=1S/C16H19F2N3/c1-21-15-5-3-12(19)10-13(15)14(20-21)4-2-11-6-8-16(17,18)9-7-11/h2-5,10-11H,6-9,19H2,1H3/b4-2+. The molecule has 1 fully saturated rings. The quantitative estimate of drug-likeness (QED) is 0.850. The molecule has 3 nitrogen and oxygen atoms in total. The van der Waals surface area contributed by atoms with Gasteiger partial charge in [-0.15, -0.1) is 0 Å². The summed E-state index contributed by atoms with van der Waals surface area (Å²) in [5.74, 6) is -2.26. The number of nitrogen functional groups attached to an aromatic ring is 1. The highest BCUT2D eigenvalue weighted by Crippen LogP contribution is 2.37. The van der Waals surface area contributed by atoms with Gasteiger partial charge < -0.3 is 5.73 Å². The lowest BCUT2D eigenvalue weighted by molar-refractivity contribution is -0.0410. The number of hydrogen-bond donors (Lipinski definition) is 1. The number of fused-ring (bicyclic) bond motifs is 1. The van der Waals surface area contributed by atoms with Gasteiger partial charge >= 0.3 is 0 Å². The highest BCUT2D eigenvalue weighted by molar-refractivity contribution is 5.89. The van der Waals surface area contributed by atoms with Crippen molar-refractivity contribution < 1.29 is 8.78 Å². The van der Waals surface area contributed by atoms with E-state index in [1.165, 1.54) is 0 Å². The molecule has 3 rings (SSSR count). The maximum Gasteiger partial charge on any atom is 0.248 e. The van der Waals surface area contributed by atoms with Crippen molar-refractivity contribution in [2.75, 3.05) is 5.73 Å². The SMILES string of the molecule is Cn1nc(/C=C/C2CCC(F)(F)CC2)c2cc(N)ccc21. The van der Waals surface area contributed by atoms with E-state index in [0.717, 1.165) is 16.6 Å². The molecule has 0 atom stereocenters. The van der Waals surface area contributed by atoms with Gasteiger partial charge in [0.1, 0.15) is 0 Å². The van der Waals surface area contributed by atoms with Crippen LogP contribution in [0.15, 0.2) is 24.3 Å². The number of allylic oxidation sites excluding steroid dienone is 1. The van der Waals surface area contributed by atoms with E-state index < -0.39 is 5.92 Å². The summed E-state index contributed by atoms with van der Waals surface area (Å²) in [7, 11) is 1.89. The van der Waals surface area contributed by atoms with Gasteiger partial charge in [0.2, 0.25) is 5.92 Å². The van der Waals surface area contributed by atoms with Crippen molar-refractivity contribution in [3.05, 3.63) is 30.0 Å². The lowest BCUT2D eigenvalue weighted by Gasteiger charge is -2.26. The molecule has 5 heteroatoms. The van der Waals surface area contributed by atoms with Crippen molar-refractivity contribution in [3.63, 3.8) is 0 Å². The molecule has 0 aliphatic heterocycles. The molecule has 1 saturated carbocycles. The van der Waals surface area contributed by atoms with Crippen molar-refractivity contribution in [1.82, 2.24) is 9.78 Å². The molecule has 0 unspecified atom stereocenters.